The molecule has 29 heavy (non-hydrogen) atoms. The number of aliphatic hydroxyl groups excluding tert-OH is 1. The fraction of sp³-hybridized carbons (Fsp3) is 0.350. The maximum Gasteiger partial charge on any atom is 0.308 e. The van der Waals surface area contributed by atoms with E-state index in [1.54, 1.807) is 19.2 Å². The first kappa shape index (κ1) is 20.4. The van der Waals surface area contributed by atoms with Crippen LogP contribution in [0, 0.1) is 0 Å². The van der Waals surface area contributed by atoms with Gasteiger partial charge in [0.15, 0.2) is 0 Å². The topological polar surface area (TPSA) is 140 Å². The van der Waals surface area contributed by atoms with E-state index in [0.717, 1.165) is 11.1 Å². The lowest BCUT2D eigenvalue weighted by Gasteiger charge is -2.32. The normalized spacial score (nSPS) is 20.2. The van der Waals surface area contributed by atoms with Crippen molar-refractivity contribution in [2.75, 3.05) is 14.2 Å². The predicted molar refractivity (Wildman–Crippen MR) is 106 cm³/mol. The smallest absolute Gasteiger partial charge is 0.308 e. The zero-order chi connectivity index (χ0) is 21.0. The number of aliphatic hydroxyl groups is 1. The van der Waals surface area contributed by atoms with Crippen LogP contribution >= 0.6 is 0 Å². The Morgan fingerprint density at radius 3 is 2.55 bits per heavy atom. The highest BCUT2D eigenvalue weighted by Gasteiger charge is 2.47. The summed E-state index contributed by atoms with van der Waals surface area (Å²) in [6.45, 7) is 0. The summed E-state index contributed by atoms with van der Waals surface area (Å²) in [5, 5.41) is 21.9. The molecule has 1 aliphatic heterocycles. The first-order valence-corrected chi connectivity index (χ1v) is 9.11. The molecule has 4 N–H and O–H groups in total. The number of esters is 1. The van der Waals surface area contributed by atoms with Gasteiger partial charge in [0.2, 0.25) is 5.91 Å². The van der Waals surface area contributed by atoms with Crippen LogP contribution in [0.2, 0.25) is 0 Å². The molecule has 1 aliphatic rings. The number of carbonyl (C=O) groups excluding carboxylic acids is 2. The molecule has 2 aromatic rings. The molecule has 0 bridgehead atoms. The molecule has 1 aromatic carbocycles. The monoisotopic (exact) mass is 397 g/mol. The van der Waals surface area contributed by atoms with E-state index < -0.39 is 17.6 Å². The summed E-state index contributed by atoms with van der Waals surface area (Å²) in [5.74, 6) is -0.311. The Bertz CT molecular complexity index is 927. The zero-order valence-electron chi connectivity index (χ0n) is 16.3. The summed E-state index contributed by atoms with van der Waals surface area (Å²) in [4.78, 5) is 27.5. The highest BCUT2D eigenvalue weighted by atomic mass is 16.5. The van der Waals surface area contributed by atoms with Gasteiger partial charge in [0.25, 0.3) is 0 Å². The van der Waals surface area contributed by atoms with Gasteiger partial charge >= 0.3 is 5.97 Å². The van der Waals surface area contributed by atoms with Gasteiger partial charge in [-0.05, 0) is 18.6 Å². The zero-order valence-corrected chi connectivity index (χ0v) is 16.3. The van der Waals surface area contributed by atoms with Crippen LogP contribution < -0.4 is 11.1 Å². The van der Waals surface area contributed by atoms with Crippen molar-refractivity contribution in [2.24, 2.45) is 10.7 Å². The number of amidine groups is 1. The second-order valence-corrected chi connectivity index (χ2v) is 6.89. The molecule has 2 heterocycles. The van der Waals surface area contributed by atoms with Gasteiger partial charge in [-0.25, -0.2) is 0 Å². The Morgan fingerprint density at radius 1 is 1.31 bits per heavy atom. The second kappa shape index (κ2) is 8.36. The van der Waals surface area contributed by atoms with E-state index in [4.69, 9.17) is 10.5 Å². The van der Waals surface area contributed by atoms with Crippen molar-refractivity contribution in [1.29, 1.82) is 0 Å². The van der Waals surface area contributed by atoms with Gasteiger partial charge < -0.3 is 20.9 Å². The first-order valence-electron chi connectivity index (χ1n) is 9.11. The fourth-order valence-corrected chi connectivity index (χ4v) is 3.37. The van der Waals surface area contributed by atoms with E-state index >= 15 is 0 Å². The number of amides is 1. The molecule has 3 rings (SSSR count). The van der Waals surface area contributed by atoms with Crippen LogP contribution in [0.1, 0.15) is 36.6 Å². The van der Waals surface area contributed by atoms with Gasteiger partial charge in [-0.1, -0.05) is 24.3 Å². The summed E-state index contributed by atoms with van der Waals surface area (Å²) in [6, 6.07) is 10.7. The maximum absolute atomic E-state index is 11.8. The second-order valence-electron chi connectivity index (χ2n) is 6.89. The minimum Gasteiger partial charge on any atom is -0.469 e. The molecule has 0 radical (unpaired) electrons. The van der Waals surface area contributed by atoms with Crippen molar-refractivity contribution in [3.8, 4) is 11.3 Å². The Kier molecular flexibility index (Phi) is 5.88. The number of hydrogen-bond donors (Lipinski definition) is 3. The highest BCUT2D eigenvalue weighted by molar-refractivity contribution is 5.97. The van der Waals surface area contributed by atoms with Crippen LogP contribution in [-0.2, 0) is 14.3 Å². The number of rotatable bonds is 6. The summed E-state index contributed by atoms with van der Waals surface area (Å²) < 4.78 is 4.72. The van der Waals surface area contributed by atoms with Crippen LogP contribution in [0.3, 0.4) is 0 Å². The Hall–Kier alpha value is -3.33. The molecule has 2 atom stereocenters. The third kappa shape index (κ3) is 4.24. The lowest BCUT2D eigenvalue weighted by molar-refractivity contribution is -0.144. The molecule has 0 saturated carbocycles. The Labute approximate surface area is 168 Å². The average molecular weight is 397 g/mol. The number of methoxy groups -OCH3 is 1. The van der Waals surface area contributed by atoms with Gasteiger partial charge in [0.1, 0.15) is 11.9 Å². The summed E-state index contributed by atoms with van der Waals surface area (Å²) in [7, 11) is 2.89. The van der Waals surface area contributed by atoms with Crippen LogP contribution in [0.4, 0.5) is 0 Å². The molecule has 9 heteroatoms. The fourth-order valence-electron chi connectivity index (χ4n) is 3.37. The molecule has 152 valence electrons. The number of nitrogens with one attached hydrogen (secondary N) is 1. The number of carbonyl (C=O) groups is 2. The lowest BCUT2D eigenvalue weighted by atomic mass is 9.85. The van der Waals surface area contributed by atoms with Crippen molar-refractivity contribution in [2.45, 2.75) is 30.9 Å². The van der Waals surface area contributed by atoms with Crippen LogP contribution in [0.25, 0.3) is 11.3 Å². The molecule has 1 amide bonds. The van der Waals surface area contributed by atoms with Gasteiger partial charge in [0, 0.05) is 24.6 Å². The molecular formula is C20H23N5O4. The minimum atomic E-state index is -1.20. The predicted octanol–water partition coefficient (Wildman–Crippen LogP) is 0.724. The molecule has 0 unspecified atom stereocenters. The highest BCUT2D eigenvalue weighted by Crippen LogP contribution is 2.36. The number of benzene rings is 1. The number of ether oxygens (including phenoxy) is 1. The standard InChI is InChI=1S/C20H23N5O4/c1-22-19(21)13-5-3-12(4-6-13)14-7-8-15(25-24-14)18(28)20(11-17(27)29-2)10-9-16(26)23-20/h3-8,18,28H,9-11H2,1-2H3,(H2,21,22)(H,23,26)/t18-,20+/m1/s1. The largest absolute Gasteiger partial charge is 0.469 e. The van der Waals surface area contributed by atoms with Gasteiger partial charge in [-0.2, -0.15) is 10.2 Å². The van der Waals surface area contributed by atoms with Crippen LogP contribution in [-0.4, -0.2) is 52.7 Å². The van der Waals surface area contributed by atoms with E-state index in [1.807, 2.05) is 24.3 Å². The first-order chi connectivity index (χ1) is 13.9. The van der Waals surface area contributed by atoms with Gasteiger partial charge in [-0.15, -0.1) is 0 Å². The third-order valence-electron chi connectivity index (χ3n) is 5.08. The van der Waals surface area contributed by atoms with E-state index in [2.05, 4.69) is 20.5 Å². The van der Waals surface area contributed by atoms with Crippen LogP contribution in [0.5, 0.6) is 0 Å². The summed E-state index contributed by atoms with van der Waals surface area (Å²) in [5.41, 5.74) is 7.14. The Morgan fingerprint density at radius 2 is 2.03 bits per heavy atom. The summed E-state index contributed by atoms with van der Waals surface area (Å²) >= 11 is 0. The molecular weight excluding hydrogens is 374 g/mol. The number of nitrogens with two attached hydrogens (primary N) is 1. The number of aliphatic imine (C=N–C) groups is 1. The molecule has 9 nitrogen and oxygen atoms in total. The third-order valence-corrected chi connectivity index (χ3v) is 5.08. The van der Waals surface area contributed by atoms with Crippen molar-refractivity contribution in [3.05, 3.63) is 47.7 Å². The van der Waals surface area contributed by atoms with Crippen molar-refractivity contribution >= 4 is 17.7 Å². The average Bonchev–Trinajstić information content (AvgIpc) is 3.14. The van der Waals surface area contributed by atoms with E-state index in [-0.39, 0.29) is 24.4 Å². The van der Waals surface area contributed by atoms with Crippen LogP contribution in [0.15, 0.2) is 41.4 Å². The van der Waals surface area contributed by atoms with Crippen molar-refractivity contribution in [1.82, 2.24) is 15.5 Å². The van der Waals surface area contributed by atoms with E-state index in [0.29, 0.717) is 18.0 Å². The van der Waals surface area contributed by atoms with Crippen molar-refractivity contribution < 1.29 is 19.4 Å². The summed E-state index contributed by atoms with van der Waals surface area (Å²) in [6.07, 6.45) is -0.830. The number of aromatic nitrogens is 2. The quantitative estimate of drug-likeness (QED) is 0.371. The van der Waals surface area contributed by atoms with Gasteiger partial charge in [0.05, 0.1) is 30.5 Å². The molecule has 1 aromatic heterocycles. The van der Waals surface area contributed by atoms with Crippen molar-refractivity contribution in [3.63, 3.8) is 0 Å². The number of hydrogen-bond acceptors (Lipinski definition) is 7. The minimum absolute atomic E-state index is 0.151. The molecule has 1 saturated heterocycles. The molecule has 1 fully saturated rings. The maximum atomic E-state index is 11.8. The SMILES string of the molecule is CN=C(N)c1ccc(-c2ccc([C@@H](O)[C@@]3(CC(=O)OC)CCC(=O)N3)nn2)cc1. The lowest BCUT2D eigenvalue weighted by Crippen LogP contribution is -2.49. The van der Waals surface area contributed by atoms with Gasteiger partial charge in [-0.3, -0.25) is 14.6 Å². The molecule has 0 aliphatic carbocycles. The number of nitrogens with zero attached hydrogens (tertiary/aromatic N) is 3. The Balaban J connectivity index is 1.83. The van der Waals surface area contributed by atoms with E-state index in [9.17, 15) is 14.7 Å². The van der Waals surface area contributed by atoms with E-state index in [1.165, 1.54) is 7.11 Å². The molecule has 0 spiro atoms.